The largest absolute Gasteiger partial charge is 0.331 e. The predicted octanol–water partition coefficient (Wildman–Crippen LogP) is 5.36. The van der Waals surface area contributed by atoms with Gasteiger partial charge in [-0.1, -0.05) is 56.3 Å². The van der Waals surface area contributed by atoms with Gasteiger partial charge in [0.15, 0.2) is 0 Å². The third-order valence-corrected chi connectivity index (χ3v) is 7.02. The Bertz CT molecular complexity index is 1320. The van der Waals surface area contributed by atoms with Crippen LogP contribution >= 0.6 is 0 Å². The first-order valence-electron chi connectivity index (χ1n) is 10.9. The zero-order valence-corrected chi connectivity index (χ0v) is 19.6. The van der Waals surface area contributed by atoms with Gasteiger partial charge in [0.25, 0.3) is 10.0 Å². The Morgan fingerprint density at radius 2 is 1.59 bits per heavy atom. The highest BCUT2D eigenvalue weighted by Crippen LogP contribution is 2.23. The molecule has 0 fully saturated rings. The van der Waals surface area contributed by atoms with Crippen molar-refractivity contribution in [1.29, 1.82) is 0 Å². The number of imidazole rings is 1. The molecule has 0 spiro atoms. The maximum Gasteiger partial charge on any atom is 0.261 e. The highest BCUT2D eigenvalue weighted by molar-refractivity contribution is 7.92. The fraction of sp³-hybridized carbons (Fsp3) is 0.269. The molecule has 0 aliphatic heterocycles. The van der Waals surface area contributed by atoms with E-state index in [4.69, 9.17) is 4.98 Å². The van der Waals surface area contributed by atoms with Crippen LogP contribution in [0.4, 0.5) is 5.69 Å². The fourth-order valence-corrected chi connectivity index (χ4v) is 5.08. The van der Waals surface area contributed by atoms with Gasteiger partial charge in [0.2, 0.25) is 0 Å². The number of para-hydroxylation sites is 3. The van der Waals surface area contributed by atoms with Crippen molar-refractivity contribution >= 4 is 26.7 Å². The predicted molar refractivity (Wildman–Crippen MR) is 130 cm³/mol. The molecule has 32 heavy (non-hydrogen) atoms. The summed E-state index contributed by atoms with van der Waals surface area (Å²) < 4.78 is 30.9. The first-order chi connectivity index (χ1) is 15.3. The second-order valence-electron chi connectivity index (χ2n) is 8.58. The van der Waals surface area contributed by atoms with E-state index in [1.165, 1.54) is 0 Å². The minimum atomic E-state index is -3.66. The molecule has 6 heteroatoms. The van der Waals surface area contributed by atoms with Gasteiger partial charge in [0.1, 0.15) is 5.82 Å². The van der Waals surface area contributed by atoms with Gasteiger partial charge in [-0.3, -0.25) is 4.72 Å². The number of nitrogens with zero attached hydrogens (tertiary/aromatic N) is 2. The van der Waals surface area contributed by atoms with Crippen molar-refractivity contribution in [2.45, 2.75) is 38.0 Å². The Kier molecular flexibility index (Phi) is 6.33. The molecule has 4 rings (SSSR count). The molecule has 0 unspecified atom stereocenters. The van der Waals surface area contributed by atoms with Gasteiger partial charge in [-0.15, -0.1) is 0 Å². The van der Waals surface area contributed by atoms with Crippen LogP contribution in [0.25, 0.3) is 11.0 Å². The quantitative estimate of drug-likeness (QED) is 0.396. The molecule has 1 aromatic heterocycles. The smallest absolute Gasteiger partial charge is 0.261 e. The van der Waals surface area contributed by atoms with E-state index in [2.05, 4.69) is 29.2 Å². The molecule has 0 saturated carbocycles. The molecule has 0 bridgehead atoms. The maximum absolute atomic E-state index is 13.0. The van der Waals surface area contributed by atoms with Crippen molar-refractivity contribution in [3.8, 4) is 0 Å². The summed E-state index contributed by atoms with van der Waals surface area (Å²) in [5, 5.41) is 0. The summed E-state index contributed by atoms with van der Waals surface area (Å²) in [6.45, 7) is 4.30. The lowest BCUT2D eigenvalue weighted by atomic mass is 10.0. The number of benzene rings is 3. The molecule has 0 amide bonds. The van der Waals surface area contributed by atoms with E-state index in [1.54, 1.807) is 12.1 Å². The van der Waals surface area contributed by atoms with Crippen LogP contribution in [0, 0.1) is 5.92 Å². The average Bonchev–Trinajstić information content (AvgIpc) is 3.09. The van der Waals surface area contributed by atoms with Crippen LogP contribution in [0.3, 0.4) is 0 Å². The highest BCUT2D eigenvalue weighted by Gasteiger charge is 2.17. The van der Waals surface area contributed by atoms with Gasteiger partial charge in [-0.05, 0) is 60.2 Å². The van der Waals surface area contributed by atoms with E-state index in [0.717, 1.165) is 34.4 Å². The van der Waals surface area contributed by atoms with Gasteiger partial charge >= 0.3 is 0 Å². The Morgan fingerprint density at radius 1 is 0.906 bits per heavy atom. The zero-order valence-electron chi connectivity index (χ0n) is 18.7. The second kappa shape index (κ2) is 9.17. The van der Waals surface area contributed by atoms with Gasteiger partial charge in [-0.2, -0.15) is 0 Å². The number of hydrogen-bond acceptors (Lipinski definition) is 3. The number of aryl methyl sites for hydroxylation is 3. The topological polar surface area (TPSA) is 64.0 Å². The molecule has 0 atom stereocenters. The van der Waals surface area contributed by atoms with Crippen molar-refractivity contribution in [2.24, 2.45) is 13.0 Å². The summed E-state index contributed by atoms with van der Waals surface area (Å²) in [4.78, 5) is 5.01. The summed E-state index contributed by atoms with van der Waals surface area (Å²) in [5.74, 6) is 1.50. The summed E-state index contributed by atoms with van der Waals surface area (Å²) >= 11 is 0. The monoisotopic (exact) mass is 447 g/mol. The van der Waals surface area contributed by atoms with Crippen molar-refractivity contribution in [1.82, 2.24) is 9.55 Å². The Morgan fingerprint density at radius 3 is 2.31 bits per heavy atom. The number of rotatable bonds is 8. The molecule has 4 aromatic rings. The third kappa shape index (κ3) is 4.86. The molecule has 0 radical (unpaired) electrons. The molecule has 0 aliphatic carbocycles. The van der Waals surface area contributed by atoms with Crippen LogP contribution in [0.5, 0.6) is 0 Å². The number of fused-ring (bicyclic) bond motifs is 1. The van der Waals surface area contributed by atoms with Gasteiger partial charge in [0.05, 0.1) is 21.6 Å². The lowest BCUT2D eigenvalue weighted by Gasteiger charge is -2.13. The lowest BCUT2D eigenvalue weighted by molar-refractivity contribution is 0.601. The van der Waals surface area contributed by atoms with E-state index in [0.29, 0.717) is 24.4 Å². The molecule has 166 valence electrons. The van der Waals surface area contributed by atoms with Crippen LogP contribution in [0.15, 0.2) is 77.7 Å². The van der Waals surface area contributed by atoms with Crippen LogP contribution in [0.2, 0.25) is 0 Å². The van der Waals surface area contributed by atoms with E-state index in [-0.39, 0.29) is 4.90 Å². The van der Waals surface area contributed by atoms with Gasteiger partial charge in [0, 0.05) is 13.5 Å². The first kappa shape index (κ1) is 22.1. The molecule has 3 aromatic carbocycles. The van der Waals surface area contributed by atoms with Gasteiger partial charge < -0.3 is 4.57 Å². The summed E-state index contributed by atoms with van der Waals surface area (Å²) in [7, 11) is -1.65. The number of nitrogens with one attached hydrogen (secondary N) is 1. The Labute approximate surface area is 190 Å². The first-order valence-corrected chi connectivity index (χ1v) is 12.4. The molecular weight excluding hydrogens is 418 g/mol. The van der Waals surface area contributed by atoms with E-state index < -0.39 is 10.0 Å². The molecule has 5 nitrogen and oxygen atoms in total. The minimum Gasteiger partial charge on any atom is -0.331 e. The lowest BCUT2D eigenvalue weighted by Crippen LogP contribution is -2.14. The summed E-state index contributed by atoms with van der Waals surface area (Å²) in [5.41, 5.74) is 4.76. The maximum atomic E-state index is 13.0. The van der Waals surface area contributed by atoms with Gasteiger partial charge in [-0.25, -0.2) is 13.4 Å². The van der Waals surface area contributed by atoms with Crippen molar-refractivity contribution in [3.63, 3.8) is 0 Å². The molecule has 1 N–H and O–H groups in total. The SMILES string of the molecule is CC(C)Cc1ccc(S(=O)(=O)Nc2ccccc2CCc2nc3ccccc3n2C)cc1. The van der Waals surface area contributed by atoms with Crippen LogP contribution in [-0.4, -0.2) is 18.0 Å². The fourth-order valence-electron chi connectivity index (χ4n) is 3.98. The molecular formula is C26H29N3O2S. The Hall–Kier alpha value is -3.12. The van der Waals surface area contributed by atoms with Crippen molar-refractivity contribution in [2.75, 3.05) is 4.72 Å². The summed E-state index contributed by atoms with van der Waals surface area (Å²) in [6, 6.07) is 22.8. The van der Waals surface area contributed by atoms with E-state index >= 15 is 0 Å². The highest BCUT2D eigenvalue weighted by atomic mass is 32.2. The molecule has 0 aliphatic rings. The number of anilines is 1. The number of aromatic nitrogens is 2. The normalized spacial score (nSPS) is 11.9. The second-order valence-corrected chi connectivity index (χ2v) is 10.3. The minimum absolute atomic E-state index is 0.273. The summed E-state index contributed by atoms with van der Waals surface area (Å²) in [6.07, 6.45) is 2.33. The number of sulfonamides is 1. The van der Waals surface area contributed by atoms with Crippen molar-refractivity contribution in [3.05, 3.63) is 89.7 Å². The van der Waals surface area contributed by atoms with Crippen LogP contribution < -0.4 is 4.72 Å². The zero-order chi connectivity index (χ0) is 22.7. The van der Waals surface area contributed by atoms with Crippen molar-refractivity contribution < 1.29 is 8.42 Å². The Balaban J connectivity index is 1.52. The van der Waals surface area contributed by atoms with Crippen LogP contribution in [0.1, 0.15) is 30.8 Å². The molecule has 1 heterocycles. The molecule has 0 saturated heterocycles. The standard InChI is InChI=1S/C26H29N3O2S/c1-19(2)18-20-12-15-22(16-13-20)32(30,31)28-23-9-5-4-8-21(23)14-17-26-27-24-10-6-7-11-25(24)29(26)3/h4-13,15-16,19,28H,14,17-18H2,1-3H3. The van der Waals surface area contributed by atoms with E-state index in [9.17, 15) is 8.42 Å². The van der Waals surface area contributed by atoms with E-state index in [1.807, 2.05) is 61.6 Å². The average molecular weight is 448 g/mol. The number of hydrogen-bond donors (Lipinski definition) is 1. The van der Waals surface area contributed by atoms with Crippen LogP contribution in [-0.2, 0) is 36.3 Å². The third-order valence-electron chi connectivity index (χ3n) is 5.64.